The van der Waals surface area contributed by atoms with Gasteiger partial charge in [0.1, 0.15) is 5.75 Å². The monoisotopic (exact) mass is 277 g/mol. The van der Waals surface area contributed by atoms with E-state index in [1.807, 2.05) is 5.32 Å². The number of carbonyl (C=O) groups excluding carboxylic acids is 1. The Labute approximate surface area is 108 Å². The number of methoxy groups -OCH3 is 1. The lowest BCUT2D eigenvalue weighted by atomic mass is 10.1. The molecule has 0 bridgehead atoms. The molecule has 1 atom stereocenters. The SMILES string of the molecule is COc1ccc(NC(=O)C(C)(O)C(F)(F)F)c(C)c1. The number of alkyl halides is 3. The molecule has 1 amide bonds. The highest BCUT2D eigenvalue weighted by Gasteiger charge is 2.55. The molecule has 19 heavy (non-hydrogen) atoms. The number of aryl methyl sites for hydroxylation is 1. The lowest BCUT2D eigenvalue weighted by Gasteiger charge is -2.25. The largest absolute Gasteiger partial charge is 0.497 e. The average molecular weight is 277 g/mol. The molecule has 0 aromatic heterocycles. The lowest BCUT2D eigenvalue weighted by Crippen LogP contribution is -2.52. The Hall–Kier alpha value is -1.76. The summed E-state index contributed by atoms with van der Waals surface area (Å²) in [5.41, 5.74) is -2.75. The van der Waals surface area contributed by atoms with Crippen LogP contribution < -0.4 is 10.1 Å². The van der Waals surface area contributed by atoms with Crippen LogP contribution in [0.4, 0.5) is 18.9 Å². The van der Waals surface area contributed by atoms with Gasteiger partial charge in [-0.25, -0.2) is 0 Å². The van der Waals surface area contributed by atoms with E-state index in [0.29, 0.717) is 18.2 Å². The Morgan fingerprint density at radius 2 is 1.95 bits per heavy atom. The molecule has 1 aromatic carbocycles. The van der Waals surface area contributed by atoms with Crippen LogP contribution in [0.1, 0.15) is 12.5 Å². The van der Waals surface area contributed by atoms with Crippen molar-refractivity contribution < 1.29 is 27.8 Å². The van der Waals surface area contributed by atoms with Crippen molar-refractivity contribution in [2.75, 3.05) is 12.4 Å². The molecule has 0 saturated heterocycles. The number of aliphatic hydroxyl groups is 1. The molecule has 1 aromatic rings. The Kier molecular flexibility index (Phi) is 4.09. The summed E-state index contributed by atoms with van der Waals surface area (Å²) in [5.74, 6) is -1.02. The fraction of sp³-hybridized carbons (Fsp3) is 0.417. The third-order valence-corrected chi connectivity index (χ3v) is 2.68. The van der Waals surface area contributed by atoms with Crippen LogP contribution in [0.5, 0.6) is 5.75 Å². The van der Waals surface area contributed by atoms with Gasteiger partial charge in [-0.1, -0.05) is 0 Å². The Morgan fingerprint density at radius 1 is 1.37 bits per heavy atom. The van der Waals surface area contributed by atoms with Crippen molar-refractivity contribution in [1.29, 1.82) is 0 Å². The van der Waals surface area contributed by atoms with E-state index < -0.39 is 17.7 Å². The molecule has 0 radical (unpaired) electrons. The van der Waals surface area contributed by atoms with Gasteiger partial charge in [0, 0.05) is 5.69 Å². The summed E-state index contributed by atoms with van der Waals surface area (Å²) < 4.78 is 42.4. The minimum atomic E-state index is -5.04. The second-order valence-corrected chi connectivity index (χ2v) is 4.20. The van der Waals surface area contributed by atoms with E-state index in [-0.39, 0.29) is 5.69 Å². The van der Waals surface area contributed by atoms with E-state index in [4.69, 9.17) is 4.74 Å². The predicted octanol–water partition coefficient (Wildman–Crippen LogP) is 2.26. The number of benzene rings is 1. The molecule has 0 heterocycles. The van der Waals surface area contributed by atoms with Gasteiger partial charge in [-0.05, 0) is 37.6 Å². The maximum Gasteiger partial charge on any atom is 0.426 e. The second-order valence-electron chi connectivity index (χ2n) is 4.20. The van der Waals surface area contributed by atoms with Crippen LogP contribution in [-0.4, -0.2) is 29.9 Å². The molecule has 0 aliphatic rings. The molecule has 7 heteroatoms. The lowest BCUT2D eigenvalue weighted by molar-refractivity contribution is -0.242. The average Bonchev–Trinajstić information content (AvgIpc) is 2.30. The molecule has 2 N–H and O–H groups in total. The van der Waals surface area contributed by atoms with Crippen molar-refractivity contribution in [2.45, 2.75) is 25.6 Å². The first kappa shape index (κ1) is 15.3. The van der Waals surface area contributed by atoms with Crippen LogP contribution in [0.3, 0.4) is 0 Å². The molecular weight excluding hydrogens is 263 g/mol. The van der Waals surface area contributed by atoms with E-state index in [9.17, 15) is 23.1 Å². The van der Waals surface area contributed by atoms with Gasteiger partial charge in [-0.3, -0.25) is 4.79 Å². The smallest absolute Gasteiger partial charge is 0.426 e. The summed E-state index contributed by atoms with van der Waals surface area (Å²) in [7, 11) is 1.45. The number of anilines is 1. The number of halogens is 3. The molecule has 0 spiro atoms. The van der Waals surface area contributed by atoms with Crippen LogP contribution in [0, 0.1) is 6.92 Å². The fourth-order valence-electron chi connectivity index (χ4n) is 1.28. The van der Waals surface area contributed by atoms with E-state index in [0.717, 1.165) is 0 Å². The van der Waals surface area contributed by atoms with E-state index >= 15 is 0 Å². The van der Waals surface area contributed by atoms with Gasteiger partial charge >= 0.3 is 6.18 Å². The highest BCUT2D eigenvalue weighted by Crippen LogP contribution is 2.31. The summed E-state index contributed by atoms with van der Waals surface area (Å²) in [4.78, 5) is 11.5. The molecule has 0 aliphatic heterocycles. The highest BCUT2D eigenvalue weighted by atomic mass is 19.4. The Morgan fingerprint density at radius 3 is 2.37 bits per heavy atom. The maximum atomic E-state index is 12.5. The van der Waals surface area contributed by atoms with Crippen LogP contribution in [-0.2, 0) is 4.79 Å². The summed E-state index contributed by atoms with van der Waals surface area (Å²) >= 11 is 0. The van der Waals surface area contributed by atoms with Crippen molar-refractivity contribution in [2.24, 2.45) is 0 Å². The van der Waals surface area contributed by atoms with Gasteiger partial charge < -0.3 is 15.2 Å². The standard InChI is InChI=1S/C12H14F3NO3/c1-7-6-8(19-3)4-5-9(7)16-10(17)11(2,18)12(13,14)15/h4-6,18H,1-3H3,(H,16,17). The third-order valence-electron chi connectivity index (χ3n) is 2.68. The van der Waals surface area contributed by atoms with Gasteiger partial charge in [0.2, 0.25) is 5.60 Å². The Balaban J connectivity index is 2.95. The number of nitrogens with one attached hydrogen (secondary N) is 1. The summed E-state index contributed by atoms with van der Waals surface area (Å²) in [6.07, 6.45) is -5.04. The number of carbonyl (C=O) groups is 1. The second kappa shape index (κ2) is 5.08. The highest BCUT2D eigenvalue weighted by molar-refractivity contribution is 5.98. The number of hydrogen-bond donors (Lipinski definition) is 2. The normalized spacial score (nSPS) is 14.7. The molecule has 0 aliphatic carbocycles. The first-order chi connectivity index (χ1) is 8.59. The van der Waals surface area contributed by atoms with Crippen LogP contribution in [0.15, 0.2) is 18.2 Å². The zero-order chi connectivity index (χ0) is 14.8. The number of rotatable bonds is 3. The summed E-state index contributed by atoms with van der Waals surface area (Å²) in [6.45, 7) is 2.00. The molecule has 0 fully saturated rings. The predicted molar refractivity (Wildman–Crippen MR) is 63.0 cm³/mol. The molecule has 4 nitrogen and oxygen atoms in total. The zero-order valence-corrected chi connectivity index (χ0v) is 10.6. The topological polar surface area (TPSA) is 58.6 Å². The summed E-state index contributed by atoms with van der Waals surface area (Å²) in [5, 5.41) is 11.3. The molecule has 0 saturated carbocycles. The molecule has 106 valence electrons. The van der Waals surface area contributed by atoms with E-state index in [1.54, 1.807) is 13.0 Å². The number of ether oxygens (including phenoxy) is 1. The number of amides is 1. The molecular formula is C12H14F3NO3. The van der Waals surface area contributed by atoms with Crippen molar-refractivity contribution in [3.63, 3.8) is 0 Å². The first-order valence-corrected chi connectivity index (χ1v) is 5.35. The molecule has 1 rings (SSSR count). The van der Waals surface area contributed by atoms with Crippen molar-refractivity contribution >= 4 is 11.6 Å². The van der Waals surface area contributed by atoms with Gasteiger partial charge in [-0.2, -0.15) is 13.2 Å². The third kappa shape index (κ3) is 3.17. The van der Waals surface area contributed by atoms with Crippen LogP contribution in [0.25, 0.3) is 0 Å². The van der Waals surface area contributed by atoms with Crippen molar-refractivity contribution in [3.05, 3.63) is 23.8 Å². The van der Waals surface area contributed by atoms with E-state index in [1.165, 1.54) is 19.2 Å². The van der Waals surface area contributed by atoms with Gasteiger partial charge in [0.05, 0.1) is 7.11 Å². The van der Waals surface area contributed by atoms with E-state index in [2.05, 4.69) is 0 Å². The van der Waals surface area contributed by atoms with Crippen LogP contribution >= 0.6 is 0 Å². The zero-order valence-electron chi connectivity index (χ0n) is 10.6. The maximum absolute atomic E-state index is 12.5. The first-order valence-electron chi connectivity index (χ1n) is 5.35. The van der Waals surface area contributed by atoms with Crippen molar-refractivity contribution in [1.82, 2.24) is 0 Å². The number of hydrogen-bond acceptors (Lipinski definition) is 3. The summed E-state index contributed by atoms with van der Waals surface area (Å²) in [6, 6.07) is 4.45. The Bertz CT molecular complexity index is 484. The minimum Gasteiger partial charge on any atom is -0.497 e. The molecule has 1 unspecified atom stereocenters. The minimum absolute atomic E-state index is 0.176. The van der Waals surface area contributed by atoms with Crippen LogP contribution in [0.2, 0.25) is 0 Å². The van der Waals surface area contributed by atoms with Crippen molar-refractivity contribution in [3.8, 4) is 5.75 Å². The fourth-order valence-corrected chi connectivity index (χ4v) is 1.28. The van der Waals surface area contributed by atoms with Gasteiger partial charge in [0.25, 0.3) is 5.91 Å². The van der Waals surface area contributed by atoms with Gasteiger partial charge in [0.15, 0.2) is 0 Å². The van der Waals surface area contributed by atoms with Gasteiger partial charge in [-0.15, -0.1) is 0 Å². The quantitative estimate of drug-likeness (QED) is 0.891.